The highest BCUT2D eigenvalue weighted by molar-refractivity contribution is 5.67. The van der Waals surface area contributed by atoms with Gasteiger partial charge in [0.25, 0.3) is 0 Å². The van der Waals surface area contributed by atoms with E-state index in [2.05, 4.69) is 18.7 Å². The Labute approximate surface area is 104 Å². The van der Waals surface area contributed by atoms with Crippen LogP contribution in [0.2, 0.25) is 0 Å². The highest BCUT2D eigenvalue weighted by Crippen LogP contribution is 2.42. The first-order chi connectivity index (χ1) is 8.00. The van der Waals surface area contributed by atoms with Gasteiger partial charge in [0.05, 0.1) is 6.42 Å². The van der Waals surface area contributed by atoms with Crippen LogP contribution in [0.3, 0.4) is 0 Å². The molecule has 3 heteroatoms. The van der Waals surface area contributed by atoms with Crippen molar-refractivity contribution in [2.45, 2.75) is 70.9 Å². The fourth-order valence-corrected chi connectivity index (χ4v) is 3.78. The lowest BCUT2D eigenvalue weighted by molar-refractivity contribution is -0.139. The number of carbonyl (C=O) groups is 1. The zero-order chi connectivity index (χ0) is 12.5. The lowest BCUT2D eigenvalue weighted by Gasteiger charge is -2.44. The topological polar surface area (TPSA) is 40.5 Å². The number of hydrogen-bond donors (Lipinski definition) is 1. The Kier molecular flexibility index (Phi) is 3.76. The van der Waals surface area contributed by atoms with Crippen molar-refractivity contribution in [1.82, 2.24) is 4.90 Å². The number of hydrogen-bond acceptors (Lipinski definition) is 2. The Morgan fingerprint density at radius 2 is 2.06 bits per heavy atom. The lowest BCUT2D eigenvalue weighted by Crippen LogP contribution is -2.50. The third-order valence-corrected chi connectivity index (χ3v) is 4.68. The molecule has 2 atom stereocenters. The van der Waals surface area contributed by atoms with E-state index in [9.17, 15) is 4.79 Å². The normalized spacial score (nSPS) is 33.8. The quantitative estimate of drug-likeness (QED) is 0.823. The molecule has 0 aromatic heterocycles. The molecule has 1 saturated heterocycles. The minimum Gasteiger partial charge on any atom is -0.481 e. The van der Waals surface area contributed by atoms with Crippen LogP contribution in [0.25, 0.3) is 0 Å². The van der Waals surface area contributed by atoms with Crippen molar-refractivity contribution in [3.8, 4) is 0 Å². The van der Waals surface area contributed by atoms with Crippen LogP contribution >= 0.6 is 0 Å². The average Bonchev–Trinajstić information content (AvgIpc) is 2.58. The summed E-state index contributed by atoms with van der Waals surface area (Å²) in [5, 5.41) is 9.03. The monoisotopic (exact) mass is 239 g/mol. The van der Waals surface area contributed by atoms with Crippen LogP contribution in [-0.4, -0.2) is 34.6 Å². The highest BCUT2D eigenvalue weighted by atomic mass is 16.4. The molecular weight excluding hydrogens is 214 g/mol. The van der Waals surface area contributed by atoms with E-state index in [1.54, 1.807) is 0 Å². The molecule has 0 radical (unpaired) electrons. The number of rotatable bonds is 3. The van der Waals surface area contributed by atoms with Crippen LogP contribution in [0.15, 0.2) is 0 Å². The van der Waals surface area contributed by atoms with Crippen LogP contribution in [-0.2, 0) is 4.79 Å². The predicted molar refractivity (Wildman–Crippen MR) is 68.0 cm³/mol. The van der Waals surface area contributed by atoms with Gasteiger partial charge in [0.15, 0.2) is 0 Å². The molecule has 0 aromatic carbocycles. The predicted octanol–water partition coefficient (Wildman–Crippen LogP) is 2.89. The number of piperidine rings is 1. The van der Waals surface area contributed by atoms with Crippen molar-refractivity contribution in [3.63, 3.8) is 0 Å². The summed E-state index contributed by atoms with van der Waals surface area (Å²) in [6.45, 7) is 5.79. The Bertz CT molecular complexity index is 288. The summed E-state index contributed by atoms with van der Waals surface area (Å²) in [7, 11) is 0. The first kappa shape index (κ1) is 12.9. The van der Waals surface area contributed by atoms with Gasteiger partial charge in [-0.05, 0) is 37.6 Å². The van der Waals surface area contributed by atoms with Crippen molar-refractivity contribution in [2.24, 2.45) is 5.41 Å². The largest absolute Gasteiger partial charge is 0.481 e. The number of aliphatic carboxylic acids is 1. The third kappa shape index (κ3) is 2.82. The molecule has 1 aliphatic heterocycles. The van der Waals surface area contributed by atoms with Crippen molar-refractivity contribution in [2.75, 3.05) is 6.54 Å². The standard InChI is InChI=1S/C14H25NO2/c1-14(2)8-5-7-12(14)15-9-4-3-6-11(15)10-13(16)17/h11-12H,3-10H2,1-2H3,(H,16,17). The van der Waals surface area contributed by atoms with Gasteiger partial charge in [-0.2, -0.15) is 0 Å². The van der Waals surface area contributed by atoms with Gasteiger partial charge in [0.1, 0.15) is 0 Å². The van der Waals surface area contributed by atoms with Gasteiger partial charge in [-0.1, -0.05) is 26.7 Å². The SMILES string of the molecule is CC1(C)CCCC1N1CCCCC1CC(=O)O. The van der Waals surface area contributed by atoms with Crippen molar-refractivity contribution >= 4 is 5.97 Å². The van der Waals surface area contributed by atoms with E-state index in [4.69, 9.17) is 5.11 Å². The van der Waals surface area contributed by atoms with E-state index in [0.29, 0.717) is 17.9 Å². The summed E-state index contributed by atoms with van der Waals surface area (Å²) >= 11 is 0. The van der Waals surface area contributed by atoms with Crippen LogP contribution in [0.5, 0.6) is 0 Å². The maximum atomic E-state index is 11.0. The Balaban J connectivity index is 2.07. The van der Waals surface area contributed by atoms with Gasteiger partial charge >= 0.3 is 5.97 Å². The number of carboxylic acid groups (broad SMARTS) is 1. The highest BCUT2D eigenvalue weighted by Gasteiger charge is 2.41. The van der Waals surface area contributed by atoms with E-state index in [-0.39, 0.29) is 6.04 Å². The van der Waals surface area contributed by atoms with Crippen LogP contribution < -0.4 is 0 Å². The Morgan fingerprint density at radius 1 is 1.29 bits per heavy atom. The zero-order valence-electron chi connectivity index (χ0n) is 11.1. The molecule has 1 aliphatic carbocycles. The number of nitrogens with zero attached hydrogens (tertiary/aromatic N) is 1. The molecule has 2 aliphatic rings. The minimum absolute atomic E-state index is 0.281. The molecule has 3 nitrogen and oxygen atoms in total. The van der Waals surface area contributed by atoms with Gasteiger partial charge in [-0.3, -0.25) is 9.69 Å². The van der Waals surface area contributed by atoms with Gasteiger partial charge in [-0.15, -0.1) is 0 Å². The van der Waals surface area contributed by atoms with Crippen molar-refractivity contribution < 1.29 is 9.90 Å². The van der Waals surface area contributed by atoms with Gasteiger partial charge in [-0.25, -0.2) is 0 Å². The third-order valence-electron chi connectivity index (χ3n) is 4.68. The molecule has 0 bridgehead atoms. The second-order valence-corrected chi connectivity index (χ2v) is 6.38. The van der Waals surface area contributed by atoms with Gasteiger partial charge in [0, 0.05) is 12.1 Å². The molecule has 0 amide bonds. The van der Waals surface area contributed by atoms with Crippen molar-refractivity contribution in [1.29, 1.82) is 0 Å². The average molecular weight is 239 g/mol. The smallest absolute Gasteiger partial charge is 0.304 e. The summed E-state index contributed by atoms with van der Waals surface area (Å²) in [5.41, 5.74) is 0.369. The maximum Gasteiger partial charge on any atom is 0.304 e. The molecule has 17 heavy (non-hydrogen) atoms. The zero-order valence-corrected chi connectivity index (χ0v) is 11.1. The molecule has 2 fully saturated rings. The fourth-order valence-electron chi connectivity index (χ4n) is 3.78. The van der Waals surface area contributed by atoms with E-state index in [1.165, 1.54) is 32.1 Å². The molecule has 2 rings (SSSR count). The second kappa shape index (κ2) is 4.97. The molecule has 0 aromatic rings. The fraction of sp³-hybridized carbons (Fsp3) is 0.929. The van der Waals surface area contributed by atoms with Crippen molar-refractivity contribution in [3.05, 3.63) is 0 Å². The summed E-state index contributed by atoms with van der Waals surface area (Å²) < 4.78 is 0. The van der Waals surface area contributed by atoms with Crippen LogP contribution in [0, 0.1) is 5.41 Å². The summed E-state index contributed by atoms with van der Waals surface area (Å²) in [4.78, 5) is 13.5. The maximum absolute atomic E-state index is 11.0. The molecule has 2 unspecified atom stereocenters. The van der Waals surface area contributed by atoms with E-state index < -0.39 is 5.97 Å². The van der Waals surface area contributed by atoms with E-state index in [0.717, 1.165) is 13.0 Å². The summed E-state index contributed by atoms with van der Waals surface area (Å²) in [6, 6.07) is 0.885. The first-order valence-corrected chi connectivity index (χ1v) is 6.98. The molecule has 1 N–H and O–H groups in total. The molecule has 98 valence electrons. The number of likely N-dealkylation sites (tertiary alicyclic amines) is 1. The number of carboxylic acids is 1. The van der Waals surface area contributed by atoms with E-state index in [1.807, 2.05) is 0 Å². The molecule has 0 spiro atoms. The molecule has 1 heterocycles. The van der Waals surface area contributed by atoms with Crippen LogP contribution in [0.1, 0.15) is 58.8 Å². The van der Waals surface area contributed by atoms with E-state index >= 15 is 0 Å². The Morgan fingerprint density at radius 3 is 2.65 bits per heavy atom. The van der Waals surface area contributed by atoms with Gasteiger partial charge in [0.2, 0.25) is 0 Å². The van der Waals surface area contributed by atoms with Crippen LogP contribution in [0.4, 0.5) is 0 Å². The summed E-state index contributed by atoms with van der Waals surface area (Å²) in [6.07, 6.45) is 7.67. The lowest BCUT2D eigenvalue weighted by atomic mass is 9.84. The minimum atomic E-state index is -0.641. The van der Waals surface area contributed by atoms with Gasteiger partial charge < -0.3 is 5.11 Å². The summed E-state index contributed by atoms with van der Waals surface area (Å²) in [5.74, 6) is -0.641. The second-order valence-electron chi connectivity index (χ2n) is 6.38. The Hall–Kier alpha value is -0.570. The molecular formula is C14H25NO2. The first-order valence-electron chi connectivity index (χ1n) is 6.98. The molecule has 1 saturated carbocycles.